The van der Waals surface area contributed by atoms with Crippen LogP contribution in [0.5, 0.6) is 5.75 Å². The second-order valence-corrected chi connectivity index (χ2v) is 6.94. The maximum atomic E-state index is 11.6. The van der Waals surface area contributed by atoms with Gasteiger partial charge in [-0.25, -0.2) is 0 Å². The minimum absolute atomic E-state index is 0.309. The quantitative estimate of drug-likeness (QED) is 0.700. The van der Waals surface area contributed by atoms with Gasteiger partial charge in [0.15, 0.2) is 0 Å². The van der Waals surface area contributed by atoms with Gasteiger partial charge in [0.25, 0.3) is 0 Å². The molecule has 1 saturated heterocycles. The molecular weight excluding hydrogens is 324 g/mol. The highest BCUT2D eigenvalue weighted by Crippen LogP contribution is 2.16. The molecule has 3 rings (SSSR count). The highest BCUT2D eigenvalue weighted by Gasteiger charge is 2.18. The normalized spacial score (nSPS) is 14.0. The summed E-state index contributed by atoms with van der Waals surface area (Å²) in [5, 5.41) is 3.46. The molecule has 0 unspecified atom stereocenters. The zero-order chi connectivity index (χ0) is 18.2. The van der Waals surface area contributed by atoms with Crippen molar-refractivity contribution in [2.24, 2.45) is 0 Å². The number of nitrogens with one attached hydrogen (secondary N) is 1. The zero-order valence-corrected chi connectivity index (χ0v) is 15.5. The summed E-state index contributed by atoms with van der Waals surface area (Å²) in [7, 11) is 0. The Bertz CT molecular complexity index is 730. The molecule has 0 radical (unpaired) electrons. The summed E-state index contributed by atoms with van der Waals surface area (Å²) in [5.74, 6) is 1.21. The highest BCUT2D eigenvalue weighted by molar-refractivity contribution is 5.77. The predicted molar refractivity (Wildman–Crippen MR) is 104 cm³/mol. The number of aryl methyl sites for hydroxylation is 1. The first-order valence-corrected chi connectivity index (χ1v) is 9.46. The fourth-order valence-corrected chi connectivity index (χ4v) is 3.28. The molecule has 1 aliphatic heterocycles. The molecule has 4 nitrogen and oxygen atoms in total. The summed E-state index contributed by atoms with van der Waals surface area (Å²) < 4.78 is 5.92. The number of carbonyl (C=O) groups is 1. The first-order valence-electron chi connectivity index (χ1n) is 9.46. The minimum atomic E-state index is 0.309. The van der Waals surface area contributed by atoms with Crippen LogP contribution in [0.25, 0.3) is 0 Å². The molecule has 4 heteroatoms. The average molecular weight is 352 g/mol. The number of nitrogens with zero attached hydrogens (tertiary/aromatic N) is 1. The summed E-state index contributed by atoms with van der Waals surface area (Å²) >= 11 is 0. The molecule has 1 N–H and O–H groups in total. The monoisotopic (exact) mass is 352 g/mol. The molecule has 2 aromatic carbocycles. The first-order chi connectivity index (χ1) is 12.7. The molecule has 0 aliphatic carbocycles. The van der Waals surface area contributed by atoms with E-state index in [1.165, 1.54) is 16.7 Å². The Balaban J connectivity index is 1.39. The Morgan fingerprint density at radius 3 is 2.77 bits per heavy atom. The van der Waals surface area contributed by atoms with Crippen molar-refractivity contribution in [3.8, 4) is 5.75 Å². The van der Waals surface area contributed by atoms with Crippen LogP contribution >= 0.6 is 0 Å². The van der Waals surface area contributed by atoms with Crippen molar-refractivity contribution < 1.29 is 9.53 Å². The van der Waals surface area contributed by atoms with Gasteiger partial charge in [-0.15, -0.1) is 0 Å². The van der Waals surface area contributed by atoms with Crippen LogP contribution in [0.15, 0.2) is 48.5 Å². The van der Waals surface area contributed by atoms with E-state index in [-0.39, 0.29) is 0 Å². The average Bonchev–Trinajstić information content (AvgIpc) is 3.05. The summed E-state index contributed by atoms with van der Waals surface area (Å²) in [6, 6.07) is 16.6. The maximum Gasteiger partial charge on any atom is 0.222 e. The molecule has 0 atom stereocenters. The number of carbonyl (C=O) groups excluding carboxylic acids is 1. The number of rotatable bonds is 9. The first kappa shape index (κ1) is 18.5. The van der Waals surface area contributed by atoms with E-state index >= 15 is 0 Å². The Morgan fingerprint density at radius 1 is 1.12 bits per heavy atom. The standard InChI is InChI=1S/C22H28N2O2/c1-18-6-2-8-20(14-18)17-26-21-9-3-7-19(15-21)16-23-11-5-13-24-12-4-10-22(24)25/h2-3,6-9,14-15,23H,4-5,10-13,16-17H2,1H3. The molecule has 1 fully saturated rings. The molecule has 138 valence electrons. The van der Waals surface area contributed by atoms with Gasteiger partial charge in [0.05, 0.1) is 0 Å². The number of likely N-dealkylation sites (tertiary alicyclic amines) is 1. The van der Waals surface area contributed by atoms with Gasteiger partial charge in [-0.1, -0.05) is 42.0 Å². The van der Waals surface area contributed by atoms with Crippen LogP contribution in [-0.2, 0) is 17.9 Å². The lowest BCUT2D eigenvalue weighted by atomic mass is 10.1. The molecule has 1 amide bonds. The third-order valence-corrected chi connectivity index (χ3v) is 4.67. The van der Waals surface area contributed by atoms with E-state index in [0.717, 1.165) is 51.2 Å². The fraction of sp³-hybridized carbons (Fsp3) is 0.409. The Kier molecular flexibility index (Phi) is 6.67. The Hall–Kier alpha value is -2.33. The zero-order valence-electron chi connectivity index (χ0n) is 15.5. The van der Waals surface area contributed by atoms with Gasteiger partial charge >= 0.3 is 0 Å². The van der Waals surface area contributed by atoms with Crippen LogP contribution in [0, 0.1) is 6.92 Å². The maximum absolute atomic E-state index is 11.6. The van der Waals surface area contributed by atoms with E-state index in [1.54, 1.807) is 0 Å². The molecule has 1 aliphatic rings. The number of amides is 1. The minimum Gasteiger partial charge on any atom is -0.489 e. The van der Waals surface area contributed by atoms with Crippen molar-refractivity contribution in [1.82, 2.24) is 10.2 Å². The van der Waals surface area contributed by atoms with Crippen LogP contribution in [0.1, 0.15) is 36.0 Å². The molecular formula is C22H28N2O2. The summed E-state index contributed by atoms with van der Waals surface area (Å²) in [4.78, 5) is 13.5. The van der Waals surface area contributed by atoms with Gasteiger partial charge in [-0.05, 0) is 49.6 Å². The van der Waals surface area contributed by atoms with Gasteiger partial charge in [0.1, 0.15) is 12.4 Å². The second kappa shape index (κ2) is 9.39. The number of ether oxygens (including phenoxy) is 1. The Labute approximate surface area is 156 Å². The lowest BCUT2D eigenvalue weighted by Gasteiger charge is -2.15. The lowest BCUT2D eigenvalue weighted by molar-refractivity contribution is -0.127. The van der Waals surface area contributed by atoms with Crippen molar-refractivity contribution in [3.05, 3.63) is 65.2 Å². The number of hydrogen-bond acceptors (Lipinski definition) is 3. The predicted octanol–water partition coefficient (Wildman–Crippen LogP) is 3.68. The van der Waals surface area contributed by atoms with E-state index in [2.05, 4.69) is 48.6 Å². The van der Waals surface area contributed by atoms with Crippen molar-refractivity contribution in [1.29, 1.82) is 0 Å². The van der Waals surface area contributed by atoms with E-state index < -0.39 is 0 Å². The van der Waals surface area contributed by atoms with Crippen LogP contribution in [0.4, 0.5) is 0 Å². The van der Waals surface area contributed by atoms with E-state index in [9.17, 15) is 4.79 Å². The molecule has 0 spiro atoms. The van der Waals surface area contributed by atoms with Crippen molar-refractivity contribution in [2.45, 2.75) is 39.3 Å². The highest BCUT2D eigenvalue weighted by atomic mass is 16.5. The van der Waals surface area contributed by atoms with Gasteiger partial charge in [-0.2, -0.15) is 0 Å². The Morgan fingerprint density at radius 2 is 1.96 bits per heavy atom. The summed E-state index contributed by atoms with van der Waals surface area (Å²) in [5.41, 5.74) is 3.65. The van der Waals surface area contributed by atoms with Crippen molar-refractivity contribution in [2.75, 3.05) is 19.6 Å². The molecule has 26 heavy (non-hydrogen) atoms. The fourth-order valence-electron chi connectivity index (χ4n) is 3.28. The third kappa shape index (κ3) is 5.60. The van der Waals surface area contributed by atoms with Gasteiger partial charge in [-0.3, -0.25) is 4.79 Å². The van der Waals surface area contributed by atoms with Crippen molar-refractivity contribution >= 4 is 5.91 Å². The molecule has 0 bridgehead atoms. The van der Waals surface area contributed by atoms with E-state index in [4.69, 9.17) is 4.74 Å². The third-order valence-electron chi connectivity index (χ3n) is 4.67. The van der Waals surface area contributed by atoms with Gasteiger partial charge in [0, 0.05) is 26.1 Å². The summed E-state index contributed by atoms with van der Waals surface area (Å²) in [6.07, 6.45) is 2.74. The smallest absolute Gasteiger partial charge is 0.222 e. The number of benzene rings is 2. The van der Waals surface area contributed by atoms with Gasteiger partial charge < -0.3 is 15.0 Å². The molecule has 0 aromatic heterocycles. The van der Waals surface area contributed by atoms with Crippen molar-refractivity contribution in [3.63, 3.8) is 0 Å². The van der Waals surface area contributed by atoms with Crippen LogP contribution in [0.2, 0.25) is 0 Å². The number of hydrogen-bond donors (Lipinski definition) is 1. The van der Waals surface area contributed by atoms with Crippen LogP contribution in [0.3, 0.4) is 0 Å². The van der Waals surface area contributed by atoms with Crippen LogP contribution in [-0.4, -0.2) is 30.4 Å². The molecule has 2 aromatic rings. The topological polar surface area (TPSA) is 41.6 Å². The molecule has 0 saturated carbocycles. The van der Waals surface area contributed by atoms with E-state index in [1.807, 2.05) is 17.0 Å². The molecule has 1 heterocycles. The van der Waals surface area contributed by atoms with Gasteiger partial charge in [0.2, 0.25) is 5.91 Å². The summed E-state index contributed by atoms with van der Waals surface area (Å²) in [6.45, 7) is 6.20. The largest absolute Gasteiger partial charge is 0.489 e. The lowest BCUT2D eigenvalue weighted by Crippen LogP contribution is -2.28. The second-order valence-electron chi connectivity index (χ2n) is 6.94. The van der Waals surface area contributed by atoms with Crippen LogP contribution < -0.4 is 10.1 Å². The SMILES string of the molecule is Cc1cccc(COc2cccc(CNCCCN3CCCC3=O)c2)c1. The van der Waals surface area contributed by atoms with E-state index in [0.29, 0.717) is 12.5 Å².